The van der Waals surface area contributed by atoms with Gasteiger partial charge in [0.05, 0.1) is 12.4 Å². The van der Waals surface area contributed by atoms with Gasteiger partial charge in [-0.15, -0.1) is 0 Å². The average Bonchev–Trinajstić information content (AvgIpc) is 2.51. The Labute approximate surface area is 132 Å². The molecule has 0 saturated carbocycles. The van der Waals surface area contributed by atoms with E-state index >= 15 is 0 Å². The second-order valence-electron chi connectivity index (χ2n) is 4.19. The summed E-state index contributed by atoms with van der Waals surface area (Å²) in [4.78, 5) is 11.4. The molecule has 0 saturated heterocycles. The lowest BCUT2D eigenvalue weighted by atomic mass is 10.2. The molecule has 6 N–H and O–H groups in total. The Kier molecular flexibility index (Phi) is 6.76. The van der Waals surface area contributed by atoms with E-state index < -0.39 is 6.03 Å². The summed E-state index contributed by atoms with van der Waals surface area (Å²) in [5.74, 6) is 0.122. The zero-order valence-electron chi connectivity index (χ0n) is 12.0. The van der Waals surface area contributed by atoms with Gasteiger partial charge in [-0.05, 0) is 24.3 Å². The number of hydrazone groups is 2. The van der Waals surface area contributed by atoms with E-state index in [9.17, 15) is 15.0 Å². The number of carbonyl (C=O) groups excluding carboxylic acids is 1. The Morgan fingerprint density at radius 1 is 0.826 bits per heavy atom. The molecule has 0 aliphatic rings. The number of urea groups is 1. The molecule has 8 nitrogen and oxygen atoms in total. The van der Waals surface area contributed by atoms with Crippen molar-refractivity contribution in [3.63, 3.8) is 0 Å². The number of rotatable bonds is 4. The fourth-order valence-corrected chi connectivity index (χ4v) is 1.54. The summed E-state index contributed by atoms with van der Waals surface area (Å²) in [6.45, 7) is 0. The van der Waals surface area contributed by atoms with Crippen molar-refractivity contribution in [3.8, 4) is 11.5 Å². The first kappa shape index (κ1) is 17.7. The molecule has 23 heavy (non-hydrogen) atoms. The van der Waals surface area contributed by atoms with Crippen molar-refractivity contribution in [1.29, 1.82) is 0 Å². The maximum atomic E-state index is 11.4. The minimum atomic E-state index is -0.654. The van der Waals surface area contributed by atoms with Gasteiger partial charge >= 0.3 is 6.03 Å². The fraction of sp³-hybridized carbons (Fsp3) is 0. The smallest absolute Gasteiger partial charge is 0.355 e. The Balaban J connectivity index is 0.00000264. The first-order valence-electron chi connectivity index (χ1n) is 6.35. The maximum Gasteiger partial charge on any atom is 0.355 e. The normalized spacial score (nSPS) is 10.4. The van der Waals surface area contributed by atoms with E-state index in [1.54, 1.807) is 36.4 Å². The van der Waals surface area contributed by atoms with Crippen LogP contribution in [-0.4, -0.2) is 34.1 Å². The number of phenols is 2. The third kappa shape index (κ3) is 5.48. The number of hydrogen-bond acceptors (Lipinski definition) is 5. The van der Waals surface area contributed by atoms with Crippen LogP contribution in [0.2, 0.25) is 0 Å². The van der Waals surface area contributed by atoms with Gasteiger partial charge in [0.2, 0.25) is 0 Å². The molecule has 0 aromatic heterocycles. The number of hydrogen-bond donors (Lipinski definition) is 4. The zero-order valence-corrected chi connectivity index (χ0v) is 12.0. The molecular formula is C15H16N4O4. The van der Waals surface area contributed by atoms with Gasteiger partial charge in [0, 0.05) is 11.1 Å². The van der Waals surface area contributed by atoms with Crippen molar-refractivity contribution in [2.75, 3.05) is 0 Å². The highest BCUT2D eigenvalue weighted by molar-refractivity contribution is 5.86. The van der Waals surface area contributed by atoms with Gasteiger partial charge in [-0.2, -0.15) is 10.2 Å². The minimum absolute atomic E-state index is 0. The lowest BCUT2D eigenvalue weighted by Gasteiger charge is -2.00. The van der Waals surface area contributed by atoms with E-state index in [2.05, 4.69) is 21.1 Å². The number of aromatic hydroxyl groups is 2. The second kappa shape index (κ2) is 8.80. The van der Waals surface area contributed by atoms with Gasteiger partial charge < -0.3 is 15.7 Å². The van der Waals surface area contributed by atoms with Gasteiger partial charge in [0.15, 0.2) is 0 Å². The lowest BCUT2D eigenvalue weighted by molar-refractivity contribution is 0.242. The SMILES string of the molecule is O.O=C(N/N=C/c1ccccc1O)N/N=C/c1ccccc1O. The first-order valence-corrected chi connectivity index (χ1v) is 6.35. The number of nitrogens with one attached hydrogen (secondary N) is 2. The van der Waals surface area contributed by atoms with Crippen molar-refractivity contribution in [2.24, 2.45) is 10.2 Å². The van der Waals surface area contributed by atoms with Crippen molar-refractivity contribution < 1.29 is 20.5 Å². The van der Waals surface area contributed by atoms with E-state index in [0.717, 1.165) is 0 Å². The maximum absolute atomic E-state index is 11.4. The van der Waals surface area contributed by atoms with Crippen LogP contribution < -0.4 is 10.9 Å². The van der Waals surface area contributed by atoms with E-state index in [-0.39, 0.29) is 17.0 Å². The molecule has 0 bridgehead atoms. The third-order valence-corrected chi connectivity index (χ3v) is 2.61. The number of para-hydroxylation sites is 2. The van der Waals surface area contributed by atoms with E-state index in [0.29, 0.717) is 11.1 Å². The molecule has 2 aromatic carbocycles. The van der Waals surface area contributed by atoms with Crippen LogP contribution in [0.1, 0.15) is 11.1 Å². The summed E-state index contributed by atoms with van der Waals surface area (Å²) >= 11 is 0. The van der Waals surface area contributed by atoms with Crippen LogP contribution in [-0.2, 0) is 0 Å². The highest BCUT2D eigenvalue weighted by Gasteiger charge is 1.98. The monoisotopic (exact) mass is 316 g/mol. The van der Waals surface area contributed by atoms with Crippen LogP contribution in [0.15, 0.2) is 58.7 Å². The second-order valence-corrected chi connectivity index (χ2v) is 4.19. The van der Waals surface area contributed by atoms with E-state index in [1.807, 2.05) is 0 Å². The van der Waals surface area contributed by atoms with Crippen LogP contribution in [0, 0.1) is 0 Å². The molecule has 2 rings (SSSR count). The molecule has 0 radical (unpaired) electrons. The van der Waals surface area contributed by atoms with Crippen molar-refractivity contribution in [3.05, 3.63) is 59.7 Å². The van der Waals surface area contributed by atoms with Crippen LogP contribution in [0.4, 0.5) is 4.79 Å². The van der Waals surface area contributed by atoms with Gasteiger partial charge in [0.1, 0.15) is 11.5 Å². The largest absolute Gasteiger partial charge is 0.507 e. The number of phenolic OH excluding ortho intramolecular Hbond substituents is 2. The predicted octanol–water partition coefficient (Wildman–Crippen LogP) is 0.940. The summed E-state index contributed by atoms with van der Waals surface area (Å²) in [7, 11) is 0. The molecule has 0 fully saturated rings. The zero-order chi connectivity index (χ0) is 15.8. The van der Waals surface area contributed by atoms with Crippen LogP contribution in [0.25, 0.3) is 0 Å². The van der Waals surface area contributed by atoms with Crippen molar-refractivity contribution in [1.82, 2.24) is 10.9 Å². The number of carbonyl (C=O) groups is 1. The number of benzene rings is 2. The quantitative estimate of drug-likeness (QED) is 0.493. The molecule has 8 heteroatoms. The highest BCUT2D eigenvalue weighted by atomic mass is 16.3. The molecule has 0 heterocycles. The molecular weight excluding hydrogens is 300 g/mol. The number of nitrogens with zero attached hydrogens (tertiary/aromatic N) is 2. The standard InChI is InChI=1S/C15H14N4O3.H2O/c20-13-7-3-1-5-11(13)9-16-18-15(22)19-17-10-12-6-2-4-8-14(12)21;/h1-10,20-21H,(H2,18,19,22);1H2/b16-9+,17-10+;. The molecule has 0 aliphatic heterocycles. The van der Waals surface area contributed by atoms with Crippen LogP contribution in [0.5, 0.6) is 11.5 Å². The Hall–Kier alpha value is -3.39. The Morgan fingerprint density at radius 3 is 1.61 bits per heavy atom. The van der Waals surface area contributed by atoms with E-state index in [1.165, 1.54) is 24.6 Å². The third-order valence-electron chi connectivity index (χ3n) is 2.61. The number of amides is 2. The molecule has 2 amide bonds. The molecule has 0 aliphatic carbocycles. The average molecular weight is 316 g/mol. The lowest BCUT2D eigenvalue weighted by Crippen LogP contribution is -2.28. The Bertz CT molecular complexity index is 657. The molecule has 2 aromatic rings. The first-order chi connectivity index (χ1) is 10.7. The summed E-state index contributed by atoms with van der Waals surface area (Å²) in [6.07, 6.45) is 2.61. The summed E-state index contributed by atoms with van der Waals surface area (Å²) in [5.41, 5.74) is 5.33. The van der Waals surface area contributed by atoms with Crippen molar-refractivity contribution >= 4 is 18.5 Å². The van der Waals surface area contributed by atoms with Gasteiger partial charge in [-0.3, -0.25) is 0 Å². The van der Waals surface area contributed by atoms with E-state index in [4.69, 9.17) is 0 Å². The van der Waals surface area contributed by atoms with Crippen molar-refractivity contribution in [2.45, 2.75) is 0 Å². The molecule has 0 unspecified atom stereocenters. The van der Waals surface area contributed by atoms with Crippen LogP contribution >= 0.6 is 0 Å². The highest BCUT2D eigenvalue weighted by Crippen LogP contribution is 2.13. The summed E-state index contributed by atoms with van der Waals surface area (Å²) in [5, 5.41) is 26.4. The van der Waals surface area contributed by atoms with Gasteiger partial charge in [-0.1, -0.05) is 24.3 Å². The molecule has 120 valence electrons. The minimum Gasteiger partial charge on any atom is -0.507 e. The van der Waals surface area contributed by atoms with Gasteiger partial charge in [0.25, 0.3) is 0 Å². The fourth-order valence-electron chi connectivity index (χ4n) is 1.54. The Morgan fingerprint density at radius 2 is 1.22 bits per heavy atom. The summed E-state index contributed by atoms with van der Waals surface area (Å²) in [6, 6.07) is 12.5. The van der Waals surface area contributed by atoms with Gasteiger partial charge in [-0.25, -0.2) is 15.6 Å². The topological polar surface area (TPSA) is 138 Å². The summed E-state index contributed by atoms with van der Waals surface area (Å²) < 4.78 is 0. The van der Waals surface area contributed by atoms with Crippen LogP contribution in [0.3, 0.4) is 0 Å². The predicted molar refractivity (Wildman–Crippen MR) is 86.7 cm³/mol. The molecule has 0 spiro atoms. The molecule has 0 atom stereocenters.